The molecule has 4 nitrogen and oxygen atoms in total. The molecule has 1 amide bonds. The number of benzene rings is 1. The monoisotopic (exact) mass is 277 g/mol. The highest BCUT2D eigenvalue weighted by atomic mass is 16.4. The van der Waals surface area contributed by atoms with E-state index in [1.807, 2.05) is 37.3 Å². The average Bonchev–Trinajstić information content (AvgIpc) is 2.40. The van der Waals surface area contributed by atoms with Crippen molar-refractivity contribution in [2.75, 3.05) is 6.54 Å². The summed E-state index contributed by atoms with van der Waals surface area (Å²) in [5, 5.41) is 11.9. The molecule has 1 atom stereocenters. The number of rotatable bonds is 7. The van der Waals surface area contributed by atoms with Gasteiger partial charge in [0.05, 0.1) is 11.3 Å². The molecule has 0 aliphatic rings. The number of aliphatic carboxylic acids is 1. The van der Waals surface area contributed by atoms with E-state index in [2.05, 4.69) is 5.32 Å². The summed E-state index contributed by atoms with van der Waals surface area (Å²) >= 11 is 0. The summed E-state index contributed by atoms with van der Waals surface area (Å²) < 4.78 is 0. The average molecular weight is 277 g/mol. The minimum absolute atomic E-state index is 0.0418. The van der Waals surface area contributed by atoms with Gasteiger partial charge in [0, 0.05) is 6.54 Å². The van der Waals surface area contributed by atoms with Crippen molar-refractivity contribution in [3.05, 3.63) is 35.9 Å². The van der Waals surface area contributed by atoms with Crippen LogP contribution in [0.15, 0.2) is 30.3 Å². The van der Waals surface area contributed by atoms with Gasteiger partial charge in [-0.05, 0) is 32.3 Å². The van der Waals surface area contributed by atoms with Crippen molar-refractivity contribution in [1.29, 1.82) is 0 Å². The van der Waals surface area contributed by atoms with Crippen molar-refractivity contribution in [3.8, 4) is 0 Å². The zero-order valence-electron chi connectivity index (χ0n) is 12.3. The number of hydrogen-bond donors (Lipinski definition) is 2. The Balaban J connectivity index is 2.56. The molecule has 4 heteroatoms. The predicted octanol–water partition coefficient (Wildman–Crippen LogP) is 2.80. The van der Waals surface area contributed by atoms with Crippen LogP contribution >= 0.6 is 0 Å². The van der Waals surface area contributed by atoms with Crippen molar-refractivity contribution in [1.82, 2.24) is 5.32 Å². The van der Waals surface area contributed by atoms with E-state index in [-0.39, 0.29) is 11.8 Å². The van der Waals surface area contributed by atoms with Gasteiger partial charge in [0.1, 0.15) is 0 Å². The molecule has 2 N–H and O–H groups in total. The molecule has 0 bridgehead atoms. The normalized spacial score (nSPS) is 12.8. The molecule has 0 fully saturated rings. The molecule has 1 unspecified atom stereocenters. The fourth-order valence-electron chi connectivity index (χ4n) is 1.99. The maximum Gasteiger partial charge on any atom is 0.309 e. The topological polar surface area (TPSA) is 66.4 Å². The molecular weight excluding hydrogens is 254 g/mol. The van der Waals surface area contributed by atoms with Crippen LogP contribution in [0.4, 0.5) is 0 Å². The molecule has 0 spiro atoms. The summed E-state index contributed by atoms with van der Waals surface area (Å²) in [5.41, 5.74) is 0.173. The Kier molecular flexibility index (Phi) is 5.74. The van der Waals surface area contributed by atoms with Gasteiger partial charge in [0.15, 0.2) is 0 Å². The van der Waals surface area contributed by atoms with Gasteiger partial charge in [0.25, 0.3) is 0 Å². The summed E-state index contributed by atoms with van der Waals surface area (Å²) in [6.45, 7) is 5.67. The lowest BCUT2D eigenvalue weighted by Crippen LogP contribution is -2.34. The Hall–Kier alpha value is -1.84. The van der Waals surface area contributed by atoms with Crippen molar-refractivity contribution in [2.45, 2.75) is 39.5 Å². The fraction of sp³-hybridized carbons (Fsp3) is 0.500. The highest BCUT2D eigenvalue weighted by Gasteiger charge is 2.27. The standard InChI is InChI=1S/C16H23NO3/c1-4-13(12-8-6-5-7-9-12)14(18)17-11-10-16(2,3)15(19)20/h5-9,13H,4,10-11H2,1-3H3,(H,17,18)(H,19,20). The zero-order chi connectivity index (χ0) is 15.2. The summed E-state index contributed by atoms with van der Waals surface area (Å²) in [4.78, 5) is 23.2. The Morgan fingerprint density at radius 2 is 1.85 bits per heavy atom. The van der Waals surface area contributed by atoms with Crippen molar-refractivity contribution >= 4 is 11.9 Å². The summed E-state index contributed by atoms with van der Waals surface area (Å²) in [6, 6.07) is 9.63. The molecule has 1 aromatic rings. The maximum absolute atomic E-state index is 12.2. The quantitative estimate of drug-likeness (QED) is 0.805. The molecule has 0 radical (unpaired) electrons. The van der Waals surface area contributed by atoms with E-state index in [9.17, 15) is 9.59 Å². The summed E-state index contributed by atoms with van der Waals surface area (Å²) in [7, 11) is 0. The smallest absolute Gasteiger partial charge is 0.309 e. The van der Waals surface area contributed by atoms with Gasteiger partial charge in [0.2, 0.25) is 5.91 Å². The van der Waals surface area contributed by atoms with Gasteiger partial charge in [-0.2, -0.15) is 0 Å². The molecule has 20 heavy (non-hydrogen) atoms. The van der Waals surface area contributed by atoms with Crippen molar-refractivity contribution in [3.63, 3.8) is 0 Å². The van der Waals surface area contributed by atoms with Gasteiger partial charge < -0.3 is 10.4 Å². The first kappa shape index (κ1) is 16.2. The predicted molar refractivity (Wildman–Crippen MR) is 78.5 cm³/mol. The molecule has 0 heterocycles. The number of carbonyl (C=O) groups excluding carboxylic acids is 1. The SMILES string of the molecule is CCC(C(=O)NCCC(C)(C)C(=O)O)c1ccccc1. The third kappa shape index (κ3) is 4.37. The number of carboxylic acid groups (broad SMARTS) is 1. The first-order chi connectivity index (χ1) is 9.38. The van der Waals surface area contributed by atoms with Gasteiger partial charge in [-0.3, -0.25) is 9.59 Å². The van der Waals surface area contributed by atoms with Crippen LogP contribution in [0, 0.1) is 5.41 Å². The Morgan fingerprint density at radius 3 is 2.35 bits per heavy atom. The van der Waals surface area contributed by atoms with Crippen LogP contribution in [0.5, 0.6) is 0 Å². The molecular formula is C16H23NO3. The molecule has 0 saturated carbocycles. The molecule has 0 aliphatic carbocycles. The van der Waals surface area contributed by atoms with E-state index in [4.69, 9.17) is 5.11 Å². The van der Waals surface area contributed by atoms with Gasteiger partial charge in [-0.1, -0.05) is 37.3 Å². The van der Waals surface area contributed by atoms with E-state index in [0.717, 1.165) is 12.0 Å². The van der Waals surface area contributed by atoms with E-state index >= 15 is 0 Å². The minimum atomic E-state index is -0.846. The molecule has 1 aromatic carbocycles. The Bertz CT molecular complexity index is 454. The third-order valence-corrected chi connectivity index (χ3v) is 3.55. The lowest BCUT2D eigenvalue weighted by molar-refractivity contribution is -0.147. The van der Waals surface area contributed by atoms with Crippen molar-refractivity contribution in [2.24, 2.45) is 5.41 Å². The van der Waals surface area contributed by atoms with Crippen LogP contribution in [0.2, 0.25) is 0 Å². The van der Waals surface area contributed by atoms with Crippen LogP contribution in [0.25, 0.3) is 0 Å². The Labute approximate surface area is 120 Å². The first-order valence-corrected chi connectivity index (χ1v) is 6.94. The second-order valence-electron chi connectivity index (χ2n) is 5.60. The lowest BCUT2D eigenvalue weighted by atomic mass is 9.89. The van der Waals surface area contributed by atoms with Crippen LogP contribution < -0.4 is 5.32 Å². The fourth-order valence-corrected chi connectivity index (χ4v) is 1.99. The van der Waals surface area contributed by atoms with Gasteiger partial charge >= 0.3 is 5.97 Å². The van der Waals surface area contributed by atoms with Crippen LogP contribution in [0.1, 0.15) is 45.1 Å². The van der Waals surface area contributed by atoms with E-state index in [0.29, 0.717) is 13.0 Å². The number of nitrogens with one attached hydrogen (secondary N) is 1. The van der Waals surface area contributed by atoms with Gasteiger partial charge in [-0.25, -0.2) is 0 Å². The van der Waals surface area contributed by atoms with Crippen LogP contribution in [-0.4, -0.2) is 23.5 Å². The van der Waals surface area contributed by atoms with Gasteiger partial charge in [-0.15, -0.1) is 0 Å². The molecule has 0 saturated heterocycles. The van der Waals surface area contributed by atoms with Crippen LogP contribution in [-0.2, 0) is 9.59 Å². The summed E-state index contributed by atoms with van der Waals surface area (Å²) in [6.07, 6.45) is 1.14. The number of carboxylic acids is 1. The maximum atomic E-state index is 12.2. The Morgan fingerprint density at radius 1 is 1.25 bits per heavy atom. The lowest BCUT2D eigenvalue weighted by Gasteiger charge is -2.20. The van der Waals surface area contributed by atoms with Crippen molar-refractivity contribution < 1.29 is 14.7 Å². The second kappa shape index (κ2) is 7.08. The third-order valence-electron chi connectivity index (χ3n) is 3.55. The molecule has 0 aliphatic heterocycles. The highest BCUT2D eigenvalue weighted by molar-refractivity contribution is 5.83. The number of amides is 1. The van der Waals surface area contributed by atoms with Crippen LogP contribution in [0.3, 0.4) is 0 Å². The number of hydrogen-bond acceptors (Lipinski definition) is 2. The van der Waals surface area contributed by atoms with E-state index in [1.165, 1.54) is 0 Å². The molecule has 0 aromatic heterocycles. The highest BCUT2D eigenvalue weighted by Crippen LogP contribution is 2.21. The molecule has 110 valence electrons. The molecule has 1 rings (SSSR count). The second-order valence-corrected chi connectivity index (χ2v) is 5.60. The largest absolute Gasteiger partial charge is 0.481 e. The first-order valence-electron chi connectivity index (χ1n) is 6.94. The number of carbonyl (C=O) groups is 2. The van der Waals surface area contributed by atoms with E-state index in [1.54, 1.807) is 13.8 Å². The van der Waals surface area contributed by atoms with E-state index < -0.39 is 11.4 Å². The zero-order valence-corrected chi connectivity index (χ0v) is 12.3. The summed E-state index contributed by atoms with van der Waals surface area (Å²) in [5.74, 6) is -1.06. The minimum Gasteiger partial charge on any atom is -0.481 e.